The predicted molar refractivity (Wildman–Crippen MR) is 80.5 cm³/mol. The van der Waals surface area contributed by atoms with Gasteiger partial charge in [0.1, 0.15) is 0 Å². The minimum atomic E-state index is -3.11. The summed E-state index contributed by atoms with van der Waals surface area (Å²) >= 11 is 0. The molecule has 2 rings (SSSR count). The van der Waals surface area contributed by atoms with Crippen LogP contribution in [-0.4, -0.2) is 46.5 Å². The Kier molecular flexibility index (Phi) is 5.39. The van der Waals surface area contributed by atoms with Gasteiger partial charge in [-0.3, -0.25) is 0 Å². The van der Waals surface area contributed by atoms with E-state index in [2.05, 4.69) is 21.8 Å². The van der Waals surface area contributed by atoms with Crippen LogP contribution in [0.5, 0.6) is 0 Å². The Balaban J connectivity index is 1.82. The van der Waals surface area contributed by atoms with E-state index in [1.807, 2.05) is 18.2 Å². The zero-order valence-corrected chi connectivity index (χ0v) is 12.6. The molecule has 1 aliphatic heterocycles. The second-order valence-corrected chi connectivity index (χ2v) is 6.96. The summed E-state index contributed by atoms with van der Waals surface area (Å²) in [6, 6.07) is 10.2. The Morgan fingerprint density at radius 2 is 2.10 bits per heavy atom. The van der Waals surface area contributed by atoms with Crippen molar-refractivity contribution in [1.29, 1.82) is 0 Å². The molecule has 0 saturated carbocycles. The molecule has 1 aromatic rings. The summed E-state index contributed by atoms with van der Waals surface area (Å²) in [6.07, 6.45) is 0.770. The fourth-order valence-corrected chi connectivity index (χ4v) is 2.88. The molecule has 1 aliphatic rings. The summed E-state index contributed by atoms with van der Waals surface area (Å²) in [5.41, 5.74) is 1.19. The molecule has 1 N–H and O–H groups in total. The molecule has 6 heteroatoms. The largest absolute Gasteiger partial charge is 0.374 e. The molecule has 20 heavy (non-hydrogen) atoms. The second-order valence-electron chi connectivity index (χ2n) is 4.86. The van der Waals surface area contributed by atoms with Crippen molar-refractivity contribution in [3.63, 3.8) is 0 Å². The highest BCUT2D eigenvalue weighted by molar-refractivity contribution is 7.89. The fraction of sp³-hybridized carbons (Fsp3) is 0.571. The van der Waals surface area contributed by atoms with Gasteiger partial charge in [-0.25, -0.2) is 13.1 Å². The van der Waals surface area contributed by atoms with Gasteiger partial charge in [-0.05, 0) is 25.5 Å². The molecule has 0 radical (unpaired) electrons. The van der Waals surface area contributed by atoms with Crippen molar-refractivity contribution < 1.29 is 13.2 Å². The van der Waals surface area contributed by atoms with Crippen molar-refractivity contribution in [3.8, 4) is 0 Å². The normalized spacial score (nSPS) is 20.1. The van der Waals surface area contributed by atoms with Crippen LogP contribution < -0.4 is 9.62 Å². The Bertz CT molecular complexity index is 504. The highest BCUT2D eigenvalue weighted by Gasteiger charge is 2.20. The van der Waals surface area contributed by atoms with E-state index in [0.29, 0.717) is 19.6 Å². The van der Waals surface area contributed by atoms with E-state index in [9.17, 15) is 8.42 Å². The number of hydrogen-bond donors (Lipinski definition) is 1. The van der Waals surface area contributed by atoms with E-state index in [-0.39, 0.29) is 11.9 Å². The topological polar surface area (TPSA) is 58.6 Å². The average molecular weight is 298 g/mol. The molecular weight excluding hydrogens is 276 g/mol. The van der Waals surface area contributed by atoms with Gasteiger partial charge in [0.25, 0.3) is 0 Å². The first kappa shape index (κ1) is 15.3. The molecular formula is C14H22N2O3S. The Labute approximate surface area is 121 Å². The maximum absolute atomic E-state index is 11.4. The van der Waals surface area contributed by atoms with E-state index in [1.54, 1.807) is 6.92 Å². The first-order valence-electron chi connectivity index (χ1n) is 6.99. The molecule has 5 nitrogen and oxygen atoms in total. The summed E-state index contributed by atoms with van der Waals surface area (Å²) in [5.74, 6) is 0.120. The number of para-hydroxylation sites is 1. The van der Waals surface area contributed by atoms with Gasteiger partial charge in [0.15, 0.2) is 0 Å². The SMILES string of the molecule is CCS(=O)(=O)NCCC1CN(c2ccccc2)CCO1. The highest BCUT2D eigenvalue weighted by atomic mass is 32.2. The molecule has 1 heterocycles. The molecule has 1 atom stereocenters. The van der Waals surface area contributed by atoms with Crippen LogP contribution in [0.1, 0.15) is 13.3 Å². The van der Waals surface area contributed by atoms with Gasteiger partial charge in [-0.2, -0.15) is 0 Å². The van der Waals surface area contributed by atoms with Gasteiger partial charge < -0.3 is 9.64 Å². The summed E-state index contributed by atoms with van der Waals surface area (Å²) in [4.78, 5) is 2.28. The molecule has 1 saturated heterocycles. The fourth-order valence-electron chi connectivity index (χ4n) is 2.24. The van der Waals surface area contributed by atoms with Crippen molar-refractivity contribution in [2.24, 2.45) is 0 Å². The first-order valence-corrected chi connectivity index (χ1v) is 8.65. The lowest BCUT2D eigenvalue weighted by atomic mass is 10.2. The van der Waals surface area contributed by atoms with Crippen molar-refractivity contribution in [2.45, 2.75) is 19.4 Å². The number of sulfonamides is 1. The van der Waals surface area contributed by atoms with Crippen LogP contribution in [0, 0.1) is 0 Å². The van der Waals surface area contributed by atoms with Crippen molar-refractivity contribution in [3.05, 3.63) is 30.3 Å². The van der Waals surface area contributed by atoms with Crippen LogP contribution in [0.2, 0.25) is 0 Å². The first-order chi connectivity index (χ1) is 9.61. The molecule has 112 valence electrons. The molecule has 0 bridgehead atoms. The number of nitrogens with zero attached hydrogens (tertiary/aromatic N) is 1. The minimum Gasteiger partial charge on any atom is -0.374 e. The Morgan fingerprint density at radius 1 is 1.35 bits per heavy atom. The maximum atomic E-state index is 11.4. The van der Waals surface area contributed by atoms with Crippen LogP contribution in [-0.2, 0) is 14.8 Å². The van der Waals surface area contributed by atoms with Crippen molar-refractivity contribution >= 4 is 15.7 Å². The summed E-state index contributed by atoms with van der Waals surface area (Å²) in [6.45, 7) is 4.43. The van der Waals surface area contributed by atoms with Gasteiger partial charge in [-0.15, -0.1) is 0 Å². The number of hydrogen-bond acceptors (Lipinski definition) is 4. The van der Waals surface area contributed by atoms with Crippen molar-refractivity contribution in [1.82, 2.24) is 4.72 Å². The number of morpholine rings is 1. The zero-order chi connectivity index (χ0) is 14.4. The molecule has 0 aromatic heterocycles. The van der Waals surface area contributed by atoms with Gasteiger partial charge in [0.2, 0.25) is 10.0 Å². The number of rotatable bonds is 6. The Morgan fingerprint density at radius 3 is 2.80 bits per heavy atom. The molecule has 1 unspecified atom stereocenters. The van der Waals surface area contributed by atoms with Crippen LogP contribution in [0.25, 0.3) is 0 Å². The number of nitrogens with one attached hydrogen (secondary N) is 1. The highest BCUT2D eigenvalue weighted by Crippen LogP contribution is 2.18. The number of ether oxygens (including phenoxy) is 1. The average Bonchev–Trinajstić information content (AvgIpc) is 2.48. The quantitative estimate of drug-likeness (QED) is 0.858. The van der Waals surface area contributed by atoms with Gasteiger partial charge in [0.05, 0.1) is 18.5 Å². The third-order valence-corrected chi connectivity index (χ3v) is 4.83. The lowest BCUT2D eigenvalue weighted by molar-refractivity contribution is 0.0363. The van der Waals surface area contributed by atoms with Crippen LogP contribution in [0.15, 0.2) is 30.3 Å². The van der Waals surface area contributed by atoms with E-state index in [4.69, 9.17) is 4.74 Å². The third kappa shape index (κ3) is 4.47. The molecule has 0 aliphatic carbocycles. The Hall–Kier alpha value is -1.11. The van der Waals surface area contributed by atoms with E-state index in [0.717, 1.165) is 13.1 Å². The third-order valence-electron chi connectivity index (χ3n) is 3.43. The lowest BCUT2D eigenvalue weighted by Gasteiger charge is -2.34. The van der Waals surface area contributed by atoms with Gasteiger partial charge in [0, 0.05) is 25.3 Å². The molecule has 1 aromatic carbocycles. The summed E-state index contributed by atoms with van der Waals surface area (Å²) in [5, 5.41) is 0. The van der Waals surface area contributed by atoms with Crippen LogP contribution >= 0.6 is 0 Å². The van der Waals surface area contributed by atoms with Crippen LogP contribution in [0.4, 0.5) is 5.69 Å². The van der Waals surface area contributed by atoms with Crippen molar-refractivity contribution in [2.75, 3.05) is 36.9 Å². The number of anilines is 1. The van der Waals surface area contributed by atoms with Gasteiger partial charge >= 0.3 is 0 Å². The lowest BCUT2D eigenvalue weighted by Crippen LogP contribution is -2.43. The standard InChI is InChI=1S/C14H22N2O3S/c1-2-20(17,18)15-9-8-14-12-16(10-11-19-14)13-6-4-3-5-7-13/h3-7,14-15H,2,8-12H2,1H3. The molecule has 0 spiro atoms. The minimum absolute atomic E-state index is 0.0727. The molecule has 0 amide bonds. The summed E-state index contributed by atoms with van der Waals surface area (Å²) in [7, 11) is -3.11. The van der Waals surface area contributed by atoms with E-state index in [1.165, 1.54) is 5.69 Å². The second kappa shape index (κ2) is 7.06. The maximum Gasteiger partial charge on any atom is 0.211 e. The smallest absolute Gasteiger partial charge is 0.211 e. The van der Waals surface area contributed by atoms with E-state index < -0.39 is 10.0 Å². The predicted octanol–water partition coefficient (Wildman–Crippen LogP) is 1.22. The molecule has 1 fully saturated rings. The van der Waals surface area contributed by atoms with Gasteiger partial charge in [-0.1, -0.05) is 18.2 Å². The van der Waals surface area contributed by atoms with E-state index >= 15 is 0 Å². The summed E-state index contributed by atoms with van der Waals surface area (Å²) < 4.78 is 31.0. The monoisotopic (exact) mass is 298 g/mol. The zero-order valence-electron chi connectivity index (χ0n) is 11.8. The van der Waals surface area contributed by atoms with Crippen LogP contribution in [0.3, 0.4) is 0 Å². The number of benzene rings is 1.